The Kier molecular flexibility index (Phi) is 5.39. The summed E-state index contributed by atoms with van der Waals surface area (Å²) >= 11 is 5.61. The summed E-state index contributed by atoms with van der Waals surface area (Å²) in [5.41, 5.74) is -1.13. The van der Waals surface area contributed by atoms with Crippen molar-refractivity contribution in [2.75, 3.05) is 5.32 Å². The summed E-state index contributed by atoms with van der Waals surface area (Å²) in [5, 5.41) is 2.20. The molecule has 0 aliphatic carbocycles. The van der Waals surface area contributed by atoms with Crippen molar-refractivity contribution in [1.29, 1.82) is 0 Å². The molecular weight excluding hydrogens is 343 g/mol. The third kappa shape index (κ3) is 4.64. The largest absolute Gasteiger partial charge is 0.491 e. The molecule has 0 saturated carbocycles. The quantitative estimate of drug-likeness (QED) is 0.795. The third-order valence-electron chi connectivity index (χ3n) is 3.02. The van der Waals surface area contributed by atoms with E-state index < -0.39 is 17.6 Å². The van der Waals surface area contributed by atoms with Gasteiger partial charge in [-0.3, -0.25) is 4.79 Å². The first-order chi connectivity index (χ1) is 11.2. The summed E-state index contributed by atoms with van der Waals surface area (Å²) in [7, 11) is 0. The summed E-state index contributed by atoms with van der Waals surface area (Å²) in [4.78, 5) is 12.2. The summed E-state index contributed by atoms with van der Waals surface area (Å²) in [6, 6.07) is 9.32. The highest BCUT2D eigenvalue weighted by Crippen LogP contribution is 2.36. The van der Waals surface area contributed by atoms with Crippen molar-refractivity contribution >= 4 is 23.2 Å². The molecule has 2 aromatic rings. The molecule has 2 rings (SSSR count). The topological polar surface area (TPSA) is 38.3 Å². The fraction of sp³-hybridized carbons (Fsp3) is 0.235. The van der Waals surface area contributed by atoms with Crippen LogP contribution in [-0.4, -0.2) is 12.0 Å². The molecule has 0 bridgehead atoms. The molecule has 0 heterocycles. The van der Waals surface area contributed by atoms with Gasteiger partial charge in [0.1, 0.15) is 5.75 Å². The predicted octanol–water partition coefficient (Wildman–Crippen LogP) is 5.40. The van der Waals surface area contributed by atoms with E-state index in [2.05, 4.69) is 5.32 Å². The van der Waals surface area contributed by atoms with Crippen LogP contribution in [-0.2, 0) is 6.18 Å². The van der Waals surface area contributed by atoms with Crippen molar-refractivity contribution in [3.63, 3.8) is 0 Å². The number of nitrogens with one attached hydrogen (secondary N) is 1. The standard InChI is InChI=1S/C17H15ClF3NO2/c1-10(2)24-13-6-3-11(4-7-13)16(23)22-15-8-5-12(18)9-14(15)17(19,20)21/h3-10H,1-2H3,(H,22,23). The highest BCUT2D eigenvalue weighted by molar-refractivity contribution is 6.30. The van der Waals surface area contributed by atoms with E-state index in [1.54, 1.807) is 12.1 Å². The van der Waals surface area contributed by atoms with E-state index in [1.807, 2.05) is 13.8 Å². The van der Waals surface area contributed by atoms with Crippen molar-refractivity contribution in [3.8, 4) is 5.75 Å². The van der Waals surface area contributed by atoms with Crippen LogP contribution in [0.25, 0.3) is 0 Å². The Morgan fingerprint density at radius 3 is 2.29 bits per heavy atom. The highest BCUT2D eigenvalue weighted by Gasteiger charge is 2.34. The van der Waals surface area contributed by atoms with Gasteiger partial charge < -0.3 is 10.1 Å². The molecule has 128 valence electrons. The number of carbonyl (C=O) groups is 1. The van der Waals surface area contributed by atoms with Gasteiger partial charge >= 0.3 is 6.18 Å². The first kappa shape index (κ1) is 18.1. The van der Waals surface area contributed by atoms with Crippen LogP contribution in [0, 0.1) is 0 Å². The summed E-state index contributed by atoms with van der Waals surface area (Å²) in [5.74, 6) is -0.0806. The van der Waals surface area contributed by atoms with Gasteiger partial charge in [-0.2, -0.15) is 13.2 Å². The van der Waals surface area contributed by atoms with Gasteiger partial charge in [-0.25, -0.2) is 0 Å². The zero-order valence-corrected chi connectivity index (χ0v) is 13.7. The Morgan fingerprint density at radius 1 is 1.12 bits per heavy atom. The molecule has 0 saturated heterocycles. The highest BCUT2D eigenvalue weighted by atomic mass is 35.5. The summed E-state index contributed by atoms with van der Waals surface area (Å²) in [6.45, 7) is 3.72. The average Bonchev–Trinajstić information content (AvgIpc) is 2.48. The number of carbonyl (C=O) groups excluding carboxylic acids is 1. The van der Waals surface area contributed by atoms with Gasteiger partial charge in [0.05, 0.1) is 17.4 Å². The number of amides is 1. The minimum absolute atomic E-state index is 0.0203. The average molecular weight is 358 g/mol. The van der Waals surface area contributed by atoms with Gasteiger partial charge in [-0.1, -0.05) is 11.6 Å². The van der Waals surface area contributed by atoms with Crippen LogP contribution in [0.4, 0.5) is 18.9 Å². The lowest BCUT2D eigenvalue weighted by molar-refractivity contribution is -0.136. The van der Waals surface area contributed by atoms with Gasteiger partial charge in [-0.05, 0) is 56.3 Å². The molecule has 1 amide bonds. The molecule has 0 spiro atoms. The molecule has 2 aromatic carbocycles. The monoisotopic (exact) mass is 357 g/mol. The maximum Gasteiger partial charge on any atom is 0.418 e. The third-order valence-corrected chi connectivity index (χ3v) is 3.26. The number of ether oxygens (including phenoxy) is 1. The van der Waals surface area contributed by atoms with E-state index in [4.69, 9.17) is 16.3 Å². The van der Waals surface area contributed by atoms with Crippen LogP contribution in [0.5, 0.6) is 5.75 Å². The number of hydrogen-bond donors (Lipinski definition) is 1. The fourth-order valence-corrected chi connectivity index (χ4v) is 2.18. The number of hydrogen-bond acceptors (Lipinski definition) is 2. The Bertz CT molecular complexity index is 728. The Labute approximate surface area is 142 Å². The van der Waals surface area contributed by atoms with Crippen LogP contribution >= 0.6 is 11.6 Å². The zero-order valence-electron chi connectivity index (χ0n) is 12.9. The van der Waals surface area contributed by atoms with Crippen LogP contribution in [0.15, 0.2) is 42.5 Å². The van der Waals surface area contributed by atoms with Crippen molar-refractivity contribution < 1.29 is 22.7 Å². The molecule has 0 fully saturated rings. The number of alkyl halides is 3. The van der Waals surface area contributed by atoms with Crippen molar-refractivity contribution in [2.45, 2.75) is 26.1 Å². The van der Waals surface area contributed by atoms with E-state index in [0.29, 0.717) is 5.75 Å². The number of benzene rings is 2. The molecule has 0 unspecified atom stereocenters. The second-order valence-corrected chi connectivity index (χ2v) is 5.77. The van der Waals surface area contributed by atoms with E-state index >= 15 is 0 Å². The smallest absolute Gasteiger partial charge is 0.418 e. The molecule has 0 aliphatic heterocycles. The first-order valence-electron chi connectivity index (χ1n) is 7.11. The first-order valence-corrected chi connectivity index (χ1v) is 7.49. The molecule has 0 aromatic heterocycles. The minimum atomic E-state index is -4.62. The molecule has 0 radical (unpaired) electrons. The van der Waals surface area contributed by atoms with Gasteiger partial charge in [0.15, 0.2) is 0 Å². The van der Waals surface area contributed by atoms with E-state index in [-0.39, 0.29) is 22.4 Å². The molecule has 0 aliphatic rings. The lowest BCUT2D eigenvalue weighted by atomic mass is 10.1. The van der Waals surface area contributed by atoms with Crippen LogP contribution in [0.2, 0.25) is 5.02 Å². The lowest BCUT2D eigenvalue weighted by Gasteiger charge is -2.14. The minimum Gasteiger partial charge on any atom is -0.491 e. The van der Waals surface area contributed by atoms with Gasteiger partial charge in [0.2, 0.25) is 0 Å². The normalized spacial score (nSPS) is 11.5. The summed E-state index contributed by atoms with van der Waals surface area (Å²) < 4.78 is 44.5. The molecule has 1 N–H and O–H groups in total. The Morgan fingerprint density at radius 2 is 1.75 bits per heavy atom. The second-order valence-electron chi connectivity index (χ2n) is 5.33. The molecule has 24 heavy (non-hydrogen) atoms. The van der Waals surface area contributed by atoms with E-state index in [0.717, 1.165) is 12.1 Å². The van der Waals surface area contributed by atoms with Crippen LogP contribution in [0.3, 0.4) is 0 Å². The Hall–Kier alpha value is -2.21. The Balaban J connectivity index is 2.21. The maximum atomic E-state index is 13.0. The molecule has 3 nitrogen and oxygen atoms in total. The van der Waals surface area contributed by atoms with Crippen LogP contribution in [0.1, 0.15) is 29.8 Å². The fourth-order valence-electron chi connectivity index (χ4n) is 2.01. The van der Waals surface area contributed by atoms with E-state index in [9.17, 15) is 18.0 Å². The molecule has 0 atom stereocenters. The number of rotatable bonds is 4. The van der Waals surface area contributed by atoms with Gasteiger partial charge in [-0.15, -0.1) is 0 Å². The zero-order chi connectivity index (χ0) is 17.9. The second kappa shape index (κ2) is 7.13. The van der Waals surface area contributed by atoms with Crippen LogP contribution < -0.4 is 10.1 Å². The van der Waals surface area contributed by atoms with Gasteiger partial charge in [0, 0.05) is 10.6 Å². The van der Waals surface area contributed by atoms with Crippen molar-refractivity contribution in [3.05, 3.63) is 58.6 Å². The summed E-state index contributed by atoms with van der Waals surface area (Å²) in [6.07, 6.45) is -4.64. The number of halogens is 4. The number of anilines is 1. The SMILES string of the molecule is CC(C)Oc1ccc(C(=O)Nc2ccc(Cl)cc2C(F)(F)F)cc1. The van der Waals surface area contributed by atoms with Crippen molar-refractivity contribution in [2.24, 2.45) is 0 Å². The van der Waals surface area contributed by atoms with E-state index in [1.165, 1.54) is 18.2 Å². The maximum absolute atomic E-state index is 13.0. The van der Waals surface area contributed by atoms with Gasteiger partial charge in [0.25, 0.3) is 5.91 Å². The van der Waals surface area contributed by atoms with Crippen molar-refractivity contribution in [1.82, 2.24) is 0 Å². The molecule has 7 heteroatoms. The molecular formula is C17H15ClF3NO2. The lowest BCUT2D eigenvalue weighted by Crippen LogP contribution is -2.16. The predicted molar refractivity (Wildman–Crippen MR) is 86.6 cm³/mol.